The van der Waals surface area contributed by atoms with Gasteiger partial charge in [-0.3, -0.25) is 0 Å². The molecule has 104 valence electrons. The van der Waals surface area contributed by atoms with Gasteiger partial charge in [-0.1, -0.05) is 16.5 Å². The Bertz CT molecular complexity index is 733. The van der Waals surface area contributed by atoms with Crippen LogP contribution in [0, 0.1) is 0 Å². The summed E-state index contributed by atoms with van der Waals surface area (Å²) in [7, 11) is 4.03. The van der Waals surface area contributed by atoms with Crippen molar-refractivity contribution in [2.75, 3.05) is 26.4 Å². The Morgan fingerprint density at radius 3 is 2.95 bits per heavy atom. The number of fused-ring (bicyclic) bond motifs is 1. The number of hydrogen-bond donors (Lipinski definition) is 1. The fourth-order valence-corrected chi connectivity index (χ4v) is 2.65. The molecule has 2 heterocycles. The summed E-state index contributed by atoms with van der Waals surface area (Å²) < 4.78 is 6.33. The van der Waals surface area contributed by atoms with Crippen LogP contribution >= 0.6 is 11.3 Å². The highest BCUT2D eigenvalue weighted by molar-refractivity contribution is 7.22. The molecule has 0 saturated heterocycles. The number of nitrogen functional groups attached to an aromatic ring is 1. The first kappa shape index (κ1) is 13.0. The summed E-state index contributed by atoms with van der Waals surface area (Å²) in [4.78, 5) is 10.7. The SMILES string of the molecule is CN(C)CCc1noc(-c2ccc3nc(N)sc3c2)n1. The Hall–Kier alpha value is -1.99. The second-order valence-corrected chi connectivity index (χ2v) is 5.87. The summed E-state index contributed by atoms with van der Waals surface area (Å²) in [5.74, 6) is 1.25. The fraction of sp³-hybridized carbons (Fsp3) is 0.308. The van der Waals surface area contributed by atoms with E-state index in [0.717, 1.165) is 34.6 Å². The van der Waals surface area contributed by atoms with Crippen LogP contribution in [0.15, 0.2) is 22.7 Å². The van der Waals surface area contributed by atoms with E-state index in [4.69, 9.17) is 10.3 Å². The number of anilines is 1. The molecule has 0 fully saturated rings. The van der Waals surface area contributed by atoms with Crippen molar-refractivity contribution >= 4 is 26.7 Å². The molecule has 0 radical (unpaired) electrons. The van der Waals surface area contributed by atoms with Gasteiger partial charge in [-0.25, -0.2) is 4.98 Å². The first-order valence-electron chi connectivity index (χ1n) is 6.25. The van der Waals surface area contributed by atoms with Crippen molar-refractivity contribution in [3.8, 4) is 11.5 Å². The van der Waals surface area contributed by atoms with Gasteiger partial charge < -0.3 is 15.2 Å². The van der Waals surface area contributed by atoms with E-state index in [1.54, 1.807) is 0 Å². The monoisotopic (exact) mass is 289 g/mol. The Labute approximate surface area is 120 Å². The van der Waals surface area contributed by atoms with Crippen molar-refractivity contribution in [2.45, 2.75) is 6.42 Å². The minimum Gasteiger partial charge on any atom is -0.375 e. The molecule has 0 aliphatic heterocycles. The molecule has 2 aromatic heterocycles. The molecule has 0 aliphatic rings. The Morgan fingerprint density at radius 1 is 1.30 bits per heavy atom. The summed E-state index contributed by atoms with van der Waals surface area (Å²) in [6.07, 6.45) is 0.770. The van der Waals surface area contributed by atoms with Crippen LogP contribution in [-0.4, -0.2) is 40.7 Å². The summed E-state index contributed by atoms with van der Waals surface area (Å²) in [6, 6.07) is 5.82. The number of benzene rings is 1. The molecule has 0 bridgehead atoms. The van der Waals surface area contributed by atoms with Gasteiger partial charge in [0.2, 0.25) is 0 Å². The minimum absolute atomic E-state index is 0.535. The van der Waals surface area contributed by atoms with Crippen molar-refractivity contribution in [2.24, 2.45) is 0 Å². The zero-order valence-electron chi connectivity index (χ0n) is 11.3. The molecule has 0 atom stereocenters. The fourth-order valence-electron chi connectivity index (χ4n) is 1.87. The lowest BCUT2D eigenvalue weighted by Gasteiger charge is -2.05. The topological polar surface area (TPSA) is 81.1 Å². The quantitative estimate of drug-likeness (QED) is 0.791. The van der Waals surface area contributed by atoms with Crippen LogP contribution in [0.1, 0.15) is 5.82 Å². The van der Waals surface area contributed by atoms with Gasteiger partial charge in [-0.15, -0.1) is 0 Å². The molecular formula is C13H15N5OS. The van der Waals surface area contributed by atoms with Crippen LogP contribution in [0.4, 0.5) is 5.13 Å². The van der Waals surface area contributed by atoms with Gasteiger partial charge in [0.05, 0.1) is 10.2 Å². The van der Waals surface area contributed by atoms with Gasteiger partial charge in [0.1, 0.15) is 0 Å². The number of rotatable bonds is 4. The Balaban J connectivity index is 1.86. The molecule has 20 heavy (non-hydrogen) atoms. The third kappa shape index (κ3) is 2.63. The molecule has 2 N–H and O–H groups in total. The molecule has 0 saturated carbocycles. The molecule has 0 spiro atoms. The van der Waals surface area contributed by atoms with Crippen LogP contribution in [-0.2, 0) is 6.42 Å². The molecule has 1 aromatic carbocycles. The van der Waals surface area contributed by atoms with Gasteiger partial charge in [0.25, 0.3) is 5.89 Å². The molecule has 6 nitrogen and oxygen atoms in total. The van der Waals surface area contributed by atoms with Gasteiger partial charge in [-0.05, 0) is 32.3 Å². The maximum absolute atomic E-state index is 5.70. The van der Waals surface area contributed by atoms with E-state index in [0.29, 0.717) is 11.0 Å². The minimum atomic E-state index is 0.535. The van der Waals surface area contributed by atoms with Gasteiger partial charge in [0.15, 0.2) is 11.0 Å². The molecular weight excluding hydrogens is 274 g/mol. The smallest absolute Gasteiger partial charge is 0.257 e. The summed E-state index contributed by atoms with van der Waals surface area (Å²) in [5.41, 5.74) is 7.49. The lowest BCUT2D eigenvalue weighted by atomic mass is 10.2. The maximum Gasteiger partial charge on any atom is 0.257 e. The number of aromatic nitrogens is 3. The highest BCUT2D eigenvalue weighted by Crippen LogP contribution is 2.28. The average molecular weight is 289 g/mol. The zero-order valence-corrected chi connectivity index (χ0v) is 12.1. The molecule has 3 rings (SSSR count). The van der Waals surface area contributed by atoms with Gasteiger partial charge in [-0.2, -0.15) is 4.98 Å². The van der Waals surface area contributed by atoms with Crippen molar-refractivity contribution in [3.63, 3.8) is 0 Å². The number of nitrogens with two attached hydrogens (primary N) is 1. The van der Waals surface area contributed by atoms with Crippen molar-refractivity contribution in [3.05, 3.63) is 24.0 Å². The summed E-state index contributed by atoms with van der Waals surface area (Å²) >= 11 is 1.45. The standard InChI is InChI=1S/C13H15N5OS/c1-18(2)6-5-11-16-12(19-17-11)8-3-4-9-10(7-8)20-13(14)15-9/h3-4,7H,5-6H2,1-2H3,(H2,14,15). The molecule has 0 aliphatic carbocycles. The normalized spacial score (nSPS) is 11.6. The van der Waals surface area contributed by atoms with E-state index in [-0.39, 0.29) is 0 Å². The molecule has 3 aromatic rings. The van der Waals surface area contributed by atoms with E-state index < -0.39 is 0 Å². The van der Waals surface area contributed by atoms with E-state index in [2.05, 4.69) is 20.0 Å². The molecule has 7 heteroatoms. The first-order valence-corrected chi connectivity index (χ1v) is 7.07. The van der Waals surface area contributed by atoms with E-state index >= 15 is 0 Å². The molecule has 0 unspecified atom stereocenters. The first-order chi connectivity index (χ1) is 9.61. The van der Waals surface area contributed by atoms with E-state index in [1.807, 2.05) is 32.3 Å². The summed E-state index contributed by atoms with van der Waals surface area (Å²) in [6.45, 7) is 0.892. The van der Waals surface area contributed by atoms with Crippen LogP contribution in [0.3, 0.4) is 0 Å². The van der Waals surface area contributed by atoms with Gasteiger partial charge >= 0.3 is 0 Å². The highest BCUT2D eigenvalue weighted by Gasteiger charge is 2.11. The maximum atomic E-state index is 5.70. The van der Waals surface area contributed by atoms with Crippen LogP contribution in [0.25, 0.3) is 21.7 Å². The third-order valence-corrected chi connectivity index (χ3v) is 3.75. The van der Waals surface area contributed by atoms with Crippen LogP contribution < -0.4 is 5.73 Å². The predicted octanol–water partition coefficient (Wildman–Crippen LogP) is 2.03. The number of likely N-dealkylation sites (N-methyl/N-ethyl adjacent to an activating group) is 1. The Morgan fingerprint density at radius 2 is 2.15 bits per heavy atom. The summed E-state index contributed by atoms with van der Waals surface area (Å²) in [5, 5.41) is 4.56. The second kappa shape index (κ2) is 5.18. The van der Waals surface area contributed by atoms with Crippen LogP contribution in [0.2, 0.25) is 0 Å². The highest BCUT2D eigenvalue weighted by atomic mass is 32.1. The number of thiazole rings is 1. The second-order valence-electron chi connectivity index (χ2n) is 4.80. The number of nitrogens with zero attached hydrogens (tertiary/aromatic N) is 4. The average Bonchev–Trinajstić information content (AvgIpc) is 3.00. The van der Waals surface area contributed by atoms with E-state index in [1.165, 1.54) is 11.3 Å². The lowest BCUT2D eigenvalue weighted by Crippen LogP contribution is -2.15. The van der Waals surface area contributed by atoms with Gasteiger partial charge in [0, 0.05) is 18.5 Å². The van der Waals surface area contributed by atoms with Crippen molar-refractivity contribution in [1.29, 1.82) is 0 Å². The van der Waals surface area contributed by atoms with Crippen molar-refractivity contribution < 1.29 is 4.52 Å². The van der Waals surface area contributed by atoms with Crippen molar-refractivity contribution in [1.82, 2.24) is 20.0 Å². The largest absolute Gasteiger partial charge is 0.375 e. The Kier molecular flexibility index (Phi) is 3.37. The lowest BCUT2D eigenvalue weighted by molar-refractivity contribution is 0.392. The van der Waals surface area contributed by atoms with Crippen LogP contribution in [0.5, 0.6) is 0 Å². The molecule has 0 amide bonds. The third-order valence-electron chi connectivity index (χ3n) is 2.90. The predicted molar refractivity (Wildman–Crippen MR) is 79.6 cm³/mol. The zero-order chi connectivity index (χ0) is 14.1. The van der Waals surface area contributed by atoms with E-state index in [9.17, 15) is 0 Å². The number of hydrogen-bond acceptors (Lipinski definition) is 7.